The number of carboxylic acids is 1. The van der Waals surface area contributed by atoms with E-state index in [1.807, 2.05) is 0 Å². The topological polar surface area (TPSA) is 74.7 Å². The Morgan fingerprint density at radius 3 is 2.72 bits per heavy atom. The van der Waals surface area contributed by atoms with E-state index in [9.17, 15) is 13.2 Å². The molecular weight excluding hydrogens is 274 g/mol. The summed E-state index contributed by atoms with van der Waals surface area (Å²) in [5.74, 6) is -0.463. The monoisotopic (exact) mass is 289 g/mol. The van der Waals surface area contributed by atoms with Crippen LogP contribution in [0.5, 0.6) is 0 Å². The molecule has 1 aliphatic rings. The van der Waals surface area contributed by atoms with Crippen LogP contribution < -0.4 is 0 Å². The van der Waals surface area contributed by atoms with Gasteiger partial charge in [0.2, 0.25) is 0 Å². The van der Waals surface area contributed by atoms with Crippen molar-refractivity contribution in [3.05, 3.63) is 17.0 Å². The van der Waals surface area contributed by atoms with Crippen LogP contribution >= 0.6 is 11.3 Å². The normalized spacial score (nSPS) is 16.1. The Hall–Kier alpha value is -0.920. The van der Waals surface area contributed by atoms with Crippen molar-refractivity contribution in [2.24, 2.45) is 5.92 Å². The number of sulfonamides is 1. The number of thiophene rings is 1. The summed E-state index contributed by atoms with van der Waals surface area (Å²) in [4.78, 5) is 11.1. The molecule has 1 aliphatic carbocycles. The van der Waals surface area contributed by atoms with Crippen molar-refractivity contribution in [1.29, 1.82) is 0 Å². The van der Waals surface area contributed by atoms with Gasteiger partial charge in [-0.15, -0.1) is 11.3 Å². The van der Waals surface area contributed by atoms with Crippen LogP contribution in [0.2, 0.25) is 0 Å². The summed E-state index contributed by atoms with van der Waals surface area (Å²) in [6, 6.07) is 3.05. The van der Waals surface area contributed by atoms with Crippen molar-refractivity contribution in [2.75, 3.05) is 13.6 Å². The molecule has 18 heavy (non-hydrogen) atoms. The van der Waals surface area contributed by atoms with E-state index in [1.165, 1.54) is 10.4 Å². The highest BCUT2D eigenvalue weighted by Gasteiger charge is 2.30. The van der Waals surface area contributed by atoms with Crippen LogP contribution in [-0.4, -0.2) is 37.4 Å². The third-order valence-corrected chi connectivity index (χ3v) is 6.22. The summed E-state index contributed by atoms with van der Waals surface area (Å²) in [7, 11) is -1.88. The third-order valence-electron chi connectivity index (χ3n) is 2.84. The maximum absolute atomic E-state index is 12.2. The fourth-order valence-corrected chi connectivity index (χ4v) is 4.46. The predicted molar refractivity (Wildman–Crippen MR) is 68.2 cm³/mol. The molecule has 1 aromatic rings. The third kappa shape index (κ3) is 3.09. The van der Waals surface area contributed by atoms with Crippen molar-refractivity contribution >= 4 is 27.3 Å². The molecule has 1 heterocycles. The second kappa shape index (κ2) is 4.99. The van der Waals surface area contributed by atoms with Gasteiger partial charge < -0.3 is 5.11 Å². The fourth-order valence-electron chi connectivity index (χ4n) is 1.66. The first kappa shape index (κ1) is 13.5. The minimum atomic E-state index is -3.45. The number of carboxylic acid groups (broad SMARTS) is 1. The molecule has 2 rings (SSSR count). The van der Waals surface area contributed by atoms with Gasteiger partial charge in [0, 0.05) is 18.5 Å². The molecule has 100 valence electrons. The smallest absolute Gasteiger partial charge is 0.308 e. The SMILES string of the molecule is CN(CC1CC1)S(=O)(=O)c1ccc(CC(=O)O)s1. The molecule has 0 radical (unpaired) electrons. The Morgan fingerprint density at radius 2 is 2.17 bits per heavy atom. The summed E-state index contributed by atoms with van der Waals surface area (Å²) in [5.41, 5.74) is 0. The lowest BCUT2D eigenvalue weighted by molar-refractivity contribution is -0.136. The zero-order valence-electron chi connectivity index (χ0n) is 10.00. The molecule has 1 fully saturated rings. The minimum Gasteiger partial charge on any atom is -0.481 e. The Kier molecular flexibility index (Phi) is 3.74. The van der Waals surface area contributed by atoms with E-state index in [4.69, 9.17) is 5.11 Å². The second-order valence-corrected chi connectivity index (χ2v) is 7.96. The maximum atomic E-state index is 12.2. The Bertz CT molecular complexity index is 545. The molecule has 0 aromatic carbocycles. The highest BCUT2D eigenvalue weighted by atomic mass is 32.2. The van der Waals surface area contributed by atoms with Gasteiger partial charge in [0.15, 0.2) is 0 Å². The van der Waals surface area contributed by atoms with Crippen molar-refractivity contribution in [1.82, 2.24) is 4.31 Å². The highest BCUT2D eigenvalue weighted by Crippen LogP contribution is 2.32. The van der Waals surface area contributed by atoms with Crippen molar-refractivity contribution in [3.8, 4) is 0 Å². The number of carbonyl (C=O) groups is 1. The van der Waals surface area contributed by atoms with Crippen LogP contribution in [0.15, 0.2) is 16.3 Å². The molecule has 1 aromatic heterocycles. The molecule has 0 unspecified atom stereocenters. The Balaban J connectivity index is 2.12. The molecule has 1 saturated carbocycles. The van der Waals surface area contributed by atoms with E-state index in [0.29, 0.717) is 17.3 Å². The molecule has 5 nitrogen and oxygen atoms in total. The van der Waals surface area contributed by atoms with Gasteiger partial charge in [0.05, 0.1) is 6.42 Å². The van der Waals surface area contributed by atoms with Gasteiger partial charge >= 0.3 is 5.97 Å². The molecule has 0 aliphatic heterocycles. The van der Waals surface area contributed by atoms with Crippen molar-refractivity contribution in [3.63, 3.8) is 0 Å². The van der Waals surface area contributed by atoms with Crippen molar-refractivity contribution < 1.29 is 18.3 Å². The van der Waals surface area contributed by atoms with Gasteiger partial charge in [-0.2, -0.15) is 4.31 Å². The van der Waals surface area contributed by atoms with Crippen LogP contribution in [0.4, 0.5) is 0 Å². The largest absolute Gasteiger partial charge is 0.481 e. The Morgan fingerprint density at radius 1 is 1.50 bits per heavy atom. The molecule has 0 saturated heterocycles. The van der Waals surface area contributed by atoms with Crippen LogP contribution in [-0.2, 0) is 21.2 Å². The van der Waals surface area contributed by atoms with E-state index in [-0.39, 0.29) is 10.6 Å². The van der Waals surface area contributed by atoms with E-state index in [2.05, 4.69) is 0 Å². The molecule has 0 bridgehead atoms. The van der Waals surface area contributed by atoms with E-state index < -0.39 is 16.0 Å². The molecular formula is C11H15NO4S2. The van der Waals surface area contributed by atoms with Crippen molar-refractivity contribution in [2.45, 2.75) is 23.5 Å². The molecule has 1 N–H and O–H groups in total. The lowest BCUT2D eigenvalue weighted by Crippen LogP contribution is -2.28. The van der Waals surface area contributed by atoms with Gasteiger partial charge in [-0.3, -0.25) is 4.79 Å². The zero-order valence-corrected chi connectivity index (χ0v) is 11.6. The second-order valence-electron chi connectivity index (χ2n) is 4.52. The maximum Gasteiger partial charge on any atom is 0.308 e. The predicted octanol–water partition coefficient (Wildman–Crippen LogP) is 1.41. The van der Waals surface area contributed by atoms with Gasteiger partial charge in [0.1, 0.15) is 4.21 Å². The van der Waals surface area contributed by atoms with Crippen LogP contribution in [0, 0.1) is 5.92 Å². The fraction of sp³-hybridized carbons (Fsp3) is 0.545. The van der Waals surface area contributed by atoms with E-state index in [1.54, 1.807) is 13.1 Å². The van der Waals surface area contributed by atoms with Gasteiger partial charge in [-0.1, -0.05) is 0 Å². The first-order valence-corrected chi connectivity index (χ1v) is 7.92. The molecule has 0 amide bonds. The van der Waals surface area contributed by atoms with Crippen LogP contribution in [0.3, 0.4) is 0 Å². The Labute approximate surface area is 110 Å². The number of nitrogens with zero attached hydrogens (tertiary/aromatic N) is 1. The first-order valence-electron chi connectivity index (χ1n) is 5.66. The summed E-state index contributed by atoms with van der Waals surface area (Å²) in [5, 5.41) is 8.66. The molecule has 0 spiro atoms. The summed E-state index contributed by atoms with van der Waals surface area (Å²) in [6.07, 6.45) is 2.05. The van der Waals surface area contributed by atoms with Gasteiger partial charge in [0.25, 0.3) is 10.0 Å². The lowest BCUT2D eigenvalue weighted by Gasteiger charge is -2.15. The number of rotatable bonds is 6. The first-order chi connectivity index (χ1) is 8.39. The zero-order chi connectivity index (χ0) is 13.3. The van der Waals surface area contributed by atoms with Gasteiger partial charge in [-0.25, -0.2) is 8.42 Å². The number of hydrogen-bond donors (Lipinski definition) is 1. The summed E-state index contributed by atoms with van der Waals surface area (Å²) >= 11 is 1.03. The van der Waals surface area contributed by atoms with E-state index >= 15 is 0 Å². The standard InChI is InChI=1S/C11H15NO4S2/c1-12(7-8-2-3-8)18(15,16)11-5-4-9(17-11)6-10(13)14/h4-5,8H,2-3,6-7H2,1H3,(H,13,14). The molecule has 7 heteroatoms. The van der Waals surface area contributed by atoms with E-state index in [0.717, 1.165) is 24.2 Å². The molecule has 0 atom stereocenters. The quantitative estimate of drug-likeness (QED) is 0.859. The average Bonchev–Trinajstić information content (AvgIpc) is 2.94. The average molecular weight is 289 g/mol. The summed E-state index contributed by atoms with van der Waals surface area (Å²) in [6.45, 7) is 0.550. The van der Waals surface area contributed by atoms with Gasteiger partial charge in [-0.05, 0) is 30.9 Å². The summed E-state index contributed by atoms with van der Waals surface area (Å²) < 4.78 is 26.0. The van der Waals surface area contributed by atoms with Crippen LogP contribution in [0.25, 0.3) is 0 Å². The van der Waals surface area contributed by atoms with Crippen LogP contribution in [0.1, 0.15) is 17.7 Å². The highest BCUT2D eigenvalue weighted by molar-refractivity contribution is 7.91. The minimum absolute atomic E-state index is 0.132. The lowest BCUT2D eigenvalue weighted by atomic mass is 10.3. The number of hydrogen-bond acceptors (Lipinski definition) is 4. The number of aliphatic carboxylic acids is 1.